The molecule has 0 fully saturated rings. The second kappa shape index (κ2) is 7.21. The molecule has 32 heavy (non-hydrogen) atoms. The summed E-state index contributed by atoms with van der Waals surface area (Å²) in [6.45, 7) is 1.58. The summed E-state index contributed by atoms with van der Waals surface area (Å²) in [6, 6.07) is 17.5. The van der Waals surface area contributed by atoms with Crippen LogP contribution in [0.25, 0.3) is 55.3 Å². The number of Topliss-reactive ketones (excluding diaryl/α,β-unsaturated/α-hetero) is 1. The van der Waals surface area contributed by atoms with E-state index in [-0.39, 0.29) is 5.78 Å². The van der Waals surface area contributed by atoms with Crippen molar-refractivity contribution in [3.05, 3.63) is 71.9 Å². The van der Waals surface area contributed by atoms with Gasteiger partial charge in [-0.05, 0) is 55.5 Å². The number of hydrogen-bond donors (Lipinski definition) is 2. The van der Waals surface area contributed by atoms with Crippen molar-refractivity contribution in [3.8, 4) is 33.2 Å². The average Bonchev–Trinajstić information content (AvgIpc) is 3.56. The Balaban J connectivity index is 1.49. The van der Waals surface area contributed by atoms with Crippen molar-refractivity contribution < 1.29 is 4.79 Å². The van der Waals surface area contributed by atoms with E-state index in [9.17, 15) is 4.79 Å². The van der Waals surface area contributed by atoms with E-state index in [0.717, 1.165) is 60.2 Å². The number of ketones is 1. The van der Waals surface area contributed by atoms with Gasteiger partial charge in [0.2, 0.25) is 0 Å². The fraction of sp³-hybridized carbons (Fsp3) is 0.0417. The summed E-state index contributed by atoms with van der Waals surface area (Å²) < 4.78 is 0. The van der Waals surface area contributed by atoms with Crippen LogP contribution in [0.3, 0.4) is 0 Å². The zero-order chi connectivity index (χ0) is 21.7. The molecular formula is C24H16N6OS. The Morgan fingerprint density at radius 2 is 1.91 bits per heavy atom. The van der Waals surface area contributed by atoms with Crippen molar-refractivity contribution in [1.82, 2.24) is 30.1 Å². The molecule has 6 aromatic rings. The monoisotopic (exact) mass is 436 g/mol. The van der Waals surface area contributed by atoms with Gasteiger partial charge in [0.1, 0.15) is 16.9 Å². The maximum atomic E-state index is 11.7. The van der Waals surface area contributed by atoms with Crippen molar-refractivity contribution in [2.24, 2.45) is 0 Å². The fourth-order valence-electron chi connectivity index (χ4n) is 3.78. The van der Waals surface area contributed by atoms with Crippen LogP contribution in [0.2, 0.25) is 0 Å². The van der Waals surface area contributed by atoms with Gasteiger partial charge in [0, 0.05) is 28.2 Å². The predicted molar refractivity (Wildman–Crippen MR) is 126 cm³/mol. The van der Waals surface area contributed by atoms with Crippen LogP contribution in [0, 0.1) is 0 Å². The summed E-state index contributed by atoms with van der Waals surface area (Å²) in [5.74, 6) is 0.0686. The molecule has 0 aliphatic rings. The first-order valence-corrected chi connectivity index (χ1v) is 10.8. The molecule has 0 aliphatic carbocycles. The minimum Gasteiger partial charge on any atom is -0.338 e. The van der Waals surface area contributed by atoms with Gasteiger partial charge < -0.3 is 4.98 Å². The Bertz CT molecular complexity index is 1610. The third-order valence-electron chi connectivity index (χ3n) is 5.34. The molecule has 7 nitrogen and oxygen atoms in total. The molecule has 0 saturated carbocycles. The van der Waals surface area contributed by atoms with Crippen molar-refractivity contribution in [2.75, 3.05) is 0 Å². The van der Waals surface area contributed by atoms with E-state index in [4.69, 9.17) is 4.98 Å². The van der Waals surface area contributed by atoms with Crippen LogP contribution >= 0.6 is 11.3 Å². The maximum Gasteiger partial charge on any atom is 0.169 e. The summed E-state index contributed by atoms with van der Waals surface area (Å²) >= 11 is 1.49. The second-order valence-corrected chi connectivity index (χ2v) is 8.49. The first kappa shape index (κ1) is 18.6. The van der Waals surface area contributed by atoms with E-state index >= 15 is 0 Å². The van der Waals surface area contributed by atoms with Gasteiger partial charge in [0.15, 0.2) is 5.78 Å². The Hall–Kier alpha value is -4.17. The summed E-state index contributed by atoms with van der Waals surface area (Å²) in [6.07, 6.45) is 3.52. The van der Waals surface area contributed by atoms with Gasteiger partial charge in [-0.25, -0.2) is 9.97 Å². The normalized spacial score (nSPS) is 11.4. The Labute approximate surface area is 186 Å². The van der Waals surface area contributed by atoms with Crippen LogP contribution < -0.4 is 0 Å². The quantitative estimate of drug-likeness (QED) is 0.356. The Kier molecular flexibility index (Phi) is 4.19. The number of fused-ring (bicyclic) bond motifs is 2. The van der Waals surface area contributed by atoms with Crippen molar-refractivity contribution in [3.63, 3.8) is 0 Å². The van der Waals surface area contributed by atoms with Crippen LogP contribution in [-0.4, -0.2) is 35.9 Å². The van der Waals surface area contributed by atoms with E-state index in [2.05, 4.69) is 25.1 Å². The number of nitrogens with one attached hydrogen (secondary N) is 2. The molecule has 0 aliphatic heterocycles. The molecule has 0 atom stereocenters. The van der Waals surface area contributed by atoms with Gasteiger partial charge in [-0.1, -0.05) is 6.07 Å². The SMILES string of the molecule is CC(=O)c1ccc(-c2ccnc3[nH]c(-c4n[nH]c5ccc(-c6ccccn6)nc45)cc23)s1. The van der Waals surface area contributed by atoms with Gasteiger partial charge in [-0.2, -0.15) is 5.10 Å². The molecule has 0 aromatic carbocycles. The van der Waals surface area contributed by atoms with Crippen LogP contribution in [0.4, 0.5) is 0 Å². The van der Waals surface area contributed by atoms with E-state index < -0.39 is 0 Å². The highest BCUT2D eigenvalue weighted by Gasteiger charge is 2.17. The number of aromatic amines is 2. The van der Waals surface area contributed by atoms with E-state index in [1.807, 2.05) is 54.6 Å². The summed E-state index contributed by atoms with van der Waals surface area (Å²) in [7, 11) is 0. The fourth-order valence-corrected chi connectivity index (χ4v) is 4.73. The van der Waals surface area contributed by atoms with Crippen LogP contribution in [0.15, 0.2) is 67.0 Å². The molecule has 154 valence electrons. The van der Waals surface area contributed by atoms with Gasteiger partial charge in [0.25, 0.3) is 0 Å². The lowest BCUT2D eigenvalue weighted by Gasteiger charge is -2.00. The van der Waals surface area contributed by atoms with Gasteiger partial charge in [0.05, 0.1) is 27.5 Å². The molecule has 0 bridgehead atoms. The largest absolute Gasteiger partial charge is 0.338 e. The average molecular weight is 437 g/mol. The smallest absolute Gasteiger partial charge is 0.169 e. The highest BCUT2D eigenvalue weighted by Crippen LogP contribution is 2.36. The van der Waals surface area contributed by atoms with Crippen LogP contribution in [-0.2, 0) is 0 Å². The predicted octanol–water partition coefficient (Wildman–Crippen LogP) is 5.49. The summed E-state index contributed by atoms with van der Waals surface area (Å²) in [4.78, 5) is 30.6. The molecule has 2 N–H and O–H groups in total. The number of aromatic nitrogens is 6. The Morgan fingerprint density at radius 3 is 2.72 bits per heavy atom. The number of pyridine rings is 3. The number of hydrogen-bond acceptors (Lipinski definition) is 6. The molecule has 6 rings (SSSR count). The lowest BCUT2D eigenvalue weighted by molar-refractivity contribution is 0.102. The summed E-state index contributed by atoms with van der Waals surface area (Å²) in [5, 5.41) is 8.55. The molecule has 0 unspecified atom stereocenters. The van der Waals surface area contributed by atoms with Gasteiger partial charge in [-0.15, -0.1) is 11.3 Å². The van der Waals surface area contributed by atoms with E-state index in [1.165, 1.54) is 11.3 Å². The van der Waals surface area contributed by atoms with Crippen LogP contribution in [0.5, 0.6) is 0 Å². The van der Waals surface area contributed by atoms with Crippen molar-refractivity contribution >= 4 is 39.2 Å². The highest BCUT2D eigenvalue weighted by atomic mass is 32.1. The Morgan fingerprint density at radius 1 is 0.969 bits per heavy atom. The number of carbonyl (C=O) groups is 1. The lowest BCUT2D eigenvalue weighted by atomic mass is 10.1. The third-order valence-corrected chi connectivity index (χ3v) is 6.56. The van der Waals surface area contributed by atoms with Crippen molar-refractivity contribution in [2.45, 2.75) is 6.92 Å². The van der Waals surface area contributed by atoms with Gasteiger partial charge >= 0.3 is 0 Å². The number of thiophene rings is 1. The zero-order valence-electron chi connectivity index (χ0n) is 17.0. The van der Waals surface area contributed by atoms with E-state index in [0.29, 0.717) is 0 Å². The summed E-state index contributed by atoms with van der Waals surface area (Å²) in [5.41, 5.74) is 6.51. The molecule has 0 spiro atoms. The first-order valence-electron chi connectivity index (χ1n) is 10.0. The maximum absolute atomic E-state index is 11.7. The molecule has 8 heteroatoms. The number of nitrogens with zero attached hydrogens (tertiary/aromatic N) is 4. The highest BCUT2D eigenvalue weighted by molar-refractivity contribution is 7.17. The molecule has 6 aromatic heterocycles. The van der Waals surface area contributed by atoms with Crippen molar-refractivity contribution in [1.29, 1.82) is 0 Å². The second-order valence-electron chi connectivity index (χ2n) is 7.40. The van der Waals surface area contributed by atoms with E-state index in [1.54, 1.807) is 19.3 Å². The first-order chi connectivity index (χ1) is 15.7. The molecule has 0 radical (unpaired) electrons. The topological polar surface area (TPSA) is 100 Å². The molecule has 0 saturated heterocycles. The number of rotatable bonds is 4. The molecule has 0 amide bonds. The third kappa shape index (κ3) is 3.00. The lowest BCUT2D eigenvalue weighted by Crippen LogP contribution is -1.88. The molecular weight excluding hydrogens is 420 g/mol. The number of carbonyl (C=O) groups excluding carboxylic acids is 1. The van der Waals surface area contributed by atoms with Crippen LogP contribution in [0.1, 0.15) is 16.6 Å². The standard InChI is InChI=1S/C24H16N6OS/c1-13(31)20-7-8-21(32-20)14-9-11-26-24-15(14)12-19(28-24)23-22-18(29-30-23)6-5-17(27-22)16-4-2-3-10-25-16/h2-12H,1H3,(H,26,28)(H,29,30). The van der Waals surface area contributed by atoms with Gasteiger partial charge in [-0.3, -0.25) is 14.9 Å². The minimum absolute atomic E-state index is 0.0686. The minimum atomic E-state index is 0.0686. The zero-order valence-corrected chi connectivity index (χ0v) is 17.8. The molecule has 6 heterocycles. The number of H-pyrrole nitrogens is 2.